The Morgan fingerprint density at radius 2 is 2.00 bits per heavy atom. The molecule has 0 saturated carbocycles. The van der Waals surface area contributed by atoms with Gasteiger partial charge in [0.2, 0.25) is 0 Å². The summed E-state index contributed by atoms with van der Waals surface area (Å²) in [6, 6.07) is 4.79. The van der Waals surface area contributed by atoms with Gasteiger partial charge in [-0.25, -0.2) is 4.39 Å². The molecule has 1 heterocycles. The van der Waals surface area contributed by atoms with Crippen molar-refractivity contribution in [2.45, 2.75) is 32.6 Å². The number of hydrogen-bond acceptors (Lipinski definition) is 3. The molecule has 20 heavy (non-hydrogen) atoms. The van der Waals surface area contributed by atoms with Crippen LogP contribution >= 0.6 is 0 Å². The lowest BCUT2D eigenvalue weighted by Crippen LogP contribution is -2.44. The number of morpholine rings is 1. The topological polar surface area (TPSA) is 32.7 Å². The minimum atomic E-state index is -0.293. The molecule has 108 valence electrons. The summed E-state index contributed by atoms with van der Waals surface area (Å²) < 4.78 is 19.3. The van der Waals surface area contributed by atoms with Crippen molar-refractivity contribution in [3.8, 4) is 11.8 Å². The molecule has 4 heteroatoms. The average molecular weight is 277 g/mol. The zero-order valence-corrected chi connectivity index (χ0v) is 11.9. The molecule has 1 saturated heterocycles. The normalized spacial score (nSPS) is 23.2. The van der Waals surface area contributed by atoms with Gasteiger partial charge >= 0.3 is 0 Å². The van der Waals surface area contributed by atoms with E-state index in [4.69, 9.17) is 9.84 Å². The summed E-state index contributed by atoms with van der Waals surface area (Å²) in [5.74, 6) is 5.00. The van der Waals surface area contributed by atoms with Crippen LogP contribution in [-0.4, -0.2) is 41.9 Å². The summed E-state index contributed by atoms with van der Waals surface area (Å²) in [6.45, 7) is 6.25. The number of halogens is 1. The summed E-state index contributed by atoms with van der Waals surface area (Å²) in [6.07, 6.45) is 0.391. The van der Waals surface area contributed by atoms with Crippen molar-refractivity contribution in [1.29, 1.82) is 0 Å². The summed E-state index contributed by atoms with van der Waals surface area (Å²) in [4.78, 5) is 2.26. The predicted molar refractivity (Wildman–Crippen MR) is 75.6 cm³/mol. The number of benzene rings is 1. The molecule has 1 fully saturated rings. The van der Waals surface area contributed by atoms with Crippen molar-refractivity contribution < 1.29 is 14.2 Å². The van der Waals surface area contributed by atoms with Gasteiger partial charge in [0, 0.05) is 25.2 Å². The Morgan fingerprint density at radius 3 is 2.65 bits per heavy atom. The van der Waals surface area contributed by atoms with E-state index in [-0.39, 0.29) is 24.6 Å². The van der Waals surface area contributed by atoms with Crippen LogP contribution in [0.3, 0.4) is 0 Å². The van der Waals surface area contributed by atoms with Gasteiger partial charge in [-0.1, -0.05) is 11.8 Å². The first-order valence-electron chi connectivity index (χ1n) is 6.84. The Bertz CT molecular complexity index is 511. The van der Waals surface area contributed by atoms with Crippen LogP contribution in [0, 0.1) is 17.7 Å². The van der Waals surface area contributed by atoms with E-state index >= 15 is 0 Å². The molecule has 1 aromatic rings. The molecule has 2 unspecified atom stereocenters. The quantitative estimate of drug-likeness (QED) is 0.836. The van der Waals surface area contributed by atoms with Gasteiger partial charge in [0.1, 0.15) is 12.4 Å². The zero-order chi connectivity index (χ0) is 14.5. The van der Waals surface area contributed by atoms with Gasteiger partial charge in [0.15, 0.2) is 0 Å². The molecule has 2 rings (SSSR count). The number of nitrogens with zero attached hydrogens (tertiary/aromatic N) is 1. The van der Waals surface area contributed by atoms with E-state index in [0.717, 1.165) is 18.7 Å². The molecule has 1 aromatic carbocycles. The third kappa shape index (κ3) is 4.31. The minimum absolute atomic E-state index is 0.195. The molecule has 1 aliphatic rings. The van der Waals surface area contributed by atoms with E-state index in [1.54, 1.807) is 0 Å². The number of ether oxygens (including phenoxy) is 1. The molecule has 1 N–H and O–H groups in total. The molecule has 2 atom stereocenters. The molecule has 0 aromatic heterocycles. The second kappa shape index (κ2) is 6.85. The first-order chi connectivity index (χ1) is 9.56. The molecule has 0 amide bonds. The van der Waals surface area contributed by atoms with Crippen molar-refractivity contribution >= 4 is 0 Å². The summed E-state index contributed by atoms with van der Waals surface area (Å²) in [5, 5.41) is 8.70. The maximum atomic E-state index is 13.6. The third-order valence-corrected chi connectivity index (χ3v) is 3.17. The maximum absolute atomic E-state index is 13.6. The standard InChI is InChI=1S/C16H20FNO2/c1-12-9-18(10-13(2)20-12)11-15-6-14(4-3-5-19)7-16(17)8-15/h6-8,12-13,19H,5,9-11H2,1-2H3. The second-order valence-corrected chi connectivity index (χ2v) is 5.26. The van der Waals surface area contributed by atoms with Crippen LogP contribution in [0.2, 0.25) is 0 Å². The van der Waals surface area contributed by atoms with Crippen molar-refractivity contribution in [3.63, 3.8) is 0 Å². The van der Waals surface area contributed by atoms with Crippen molar-refractivity contribution in [3.05, 3.63) is 35.1 Å². The fourth-order valence-corrected chi connectivity index (χ4v) is 2.63. The number of aliphatic hydroxyl groups is 1. The largest absolute Gasteiger partial charge is 0.384 e. The van der Waals surface area contributed by atoms with Crippen LogP contribution < -0.4 is 0 Å². The SMILES string of the molecule is CC1CN(Cc2cc(F)cc(C#CCO)c2)CC(C)O1. The minimum Gasteiger partial charge on any atom is -0.384 e. The fraction of sp³-hybridized carbons (Fsp3) is 0.500. The van der Waals surface area contributed by atoms with Gasteiger partial charge in [0.25, 0.3) is 0 Å². The predicted octanol–water partition coefficient (Wildman–Crippen LogP) is 1.78. The summed E-state index contributed by atoms with van der Waals surface area (Å²) in [7, 11) is 0. The smallest absolute Gasteiger partial charge is 0.124 e. The fourth-order valence-electron chi connectivity index (χ4n) is 2.63. The highest BCUT2D eigenvalue weighted by Crippen LogP contribution is 2.16. The van der Waals surface area contributed by atoms with E-state index < -0.39 is 0 Å². The second-order valence-electron chi connectivity index (χ2n) is 5.26. The van der Waals surface area contributed by atoms with E-state index in [1.165, 1.54) is 12.1 Å². The number of aliphatic hydroxyl groups excluding tert-OH is 1. The molecular formula is C16H20FNO2. The van der Waals surface area contributed by atoms with E-state index in [2.05, 4.69) is 16.7 Å². The molecule has 3 nitrogen and oxygen atoms in total. The van der Waals surface area contributed by atoms with Crippen LogP contribution in [0.5, 0.6) is 0 Å². The molecule has 0 aliphatic carbocycles. The lowest BCUT2D eigenvalue weighted by molar-refractivity contribution is -0.0705. The van der Waals surface area contributed by atoms with E-state index in [0.29, 0.717) is 12.1 Å². The Balaban J connectivity index is 2.10. The zero-order valence-electron chi connectivity index (χ0n) is 11.9. The first-order valence-corrected chi connectivity index (χ1v) is 6.84. The Kier molecular flexibility index (Phi) is 5.13. The Hall–Kier alpha value is -1.41. The third-order valence-electron chi connectivity index (χ3n) is 3.17. The molecule has 0 radical (unpaired) electrons. The van der Waals surface area contributed by atoms with E-state index in [9.17, 15) is 4.39 Å². The first kappa shape index (κ1) is 15.0. The van der Waals surface area contributed by atoms with Crippen LogP contribution in [0.25, 0.3) is 0 Å². The number of hydrogen-bond donors (Lipinski definition) is 1. The highest BCUT2D eigenvalue weighted by molar-refractivity contribution is 5.37. The van der Waals surface area contributed by atoms with Crippen molar-refractivity contribution in [2.24, 2.45) is 0 Å². The van der Waals surface area contributed by atoms with Crippen LogP contribution in [0.15, 0.2) is 18.2 Å². The van der Waals surface area contributed by atoms with Crippen LogP contribution in [0.1, 0.15) is 25.0 Å². The molecule has 0 bridgehead atoms. The molecular weight excluding hydrogens is 257 g/mol. The van der Waals surface area contributed by atoms with Crippen molar-refractivity contribution in [1.82, 2.24) is 4.90 Å². The highest BCUT2D eigenvalue weighted by Gasteiger charge is 2.22. The summed E-state index contributed by atoms with van der Waals surface area (Å²) >= 11 is 0. The van der Waals surface area contributed by atoms with Gasteiger partial charge in [0.05, 0.1) is 12.2 Å². The number of rotatable bonds is 2. The molecule has 1 aliphatic heterocycles. The average Bonchev–Trinajstić information content (AvgIpc) is 2.34. The van der Waals surface area contributed by atoms with Gasteiger partial charge in [-0.05, 0) is 37.6 Å². The Morgan fingerprint density at radius 1 is 1.30 bits per heavy atom. The van der Waals surface area contributed by atoms with Gasteiger partial charge < -0.3 is 9.84 Å². The van der Waals surface area contributed by atoms with Gasteiger partial charge in [-0.2, -0.15) is 0 Å². The maximum Gasteiger partial charge on any atom is 0.124 e. The lowest BCUT2D eigenvalue weighted by Gasteiger charge is -2.35. The monoisotopic (exact) mass is 277 g/mol. The van der Waals surface area contributed by atoms with Gasteiger partial charge in [-0.3, -0.25) is 4.90 Å². The van der Waals surface area contributed by atoms with Crippen LogP contribution in [0.4, 0.5) is 4.39 Å². The molecule has 0 spiro atoms. The highest BCUT2D eigenvalue weighted by atomic mass is 19.1. The van der Waals surface area contributed by atoms with Gasteiger partial charge in [-0.15, -0.1) is 0 Å². The lowest BCUT2D eigenvalue weighted by atomic mass is 10.1. The van der Waals surface area contributed by atoms with E-state index in [1.807, 2.05) is 19.9 Å². The van der Waals surface area contributed by atoms with Crippen molar-refractivity contribution in [2.75, 3.05) is 19.7 Å². The summed E-state index contributed by atoms with van der Waals surface area (Å²) in [5.41, 5.74) is 1.50. The Labute approximate surface area is 119 Å². The van der Waals surface area contributed by atoms with Crippen LogP contribution in [-0.2, 0) is 11.3 Å².